The summed E-state index contributed by atoms with van der Waals surface area (Å²) in [5, 5.41) is -0.388. The summed E-state index contributed by atoms with van der Waals surface area (Å²) < 4.78 is 12.3. The number of ether oxygens (including phenoxy) is 2. The second-order valence-corrected chi connectivity index (χ2v) is 7.62. The first kappa shape index (κ1) is 14.2. The molecule has 3 aliphatic rings. The predicted molar refractivity (Wildman–Crippen MR) is 76.3 cm³/mol. The SMILES string of the molecule is C#CCCCCC12OCC(CS1)C(C(C)(C)C)O2. The van der Waals surface area contributed by atoms with Crippen molar-refractivity contribution in [2.45, 2.75) is 57.7 Å². The van der Waals surface area contributed by atoms with Crippen LogP contribution in [0.15, 0.2) is 0 Å². The number of thioether (sulfide) groups is 1. The van der Waals surface area contributed by atoms with E-state index < -0.39 is 0 Å². The fraction of sp³-hybridized carbons (Fsp3) is 0.867. The lowest BCUT2D eigenvalue weighted by Gasteiger charge is -2.53. The van der Waals surface area contributed by atoms with Crippen molar-refractivity contribution in [3.8, 4) is 12.3 Å². The molecular formula is C15H24O2S. The quantitative estimate of drug-likeness (QED) is 0.572. The van der Waals surface area contributed by atoms with E-state index in [-0.39, 0.29) is 10.5 Å². The topological polar surface area (TPSA) is 18.5 Å². The van der Waals surface area contributed by atoms with Crippen LogP contribution < -0.4 is 0 Å². The fourth-order valence-corrected chi connectivity index (χ4v) is 4.10. The molecule has 0 N–H and O–H groups in total. The van der Waals surface area contributed by atoms with Crippen molar-refractivity contribution in [1.82, 2.24) is 0 Å². The highest BCUT2D eigenvalue weighted by molar-refractivity contribution is 8.00. The van der Waals surface area contributed by atoms with Gasteiger partial charge in [0.2, 0.25) is 5.12 Å². The molecule has 3 atom stereocenters. The van der Waals surface area contributed by atoms with Crippen LogP contribution in [-0.2, 0) is 9.47 Å². The van der Waals surface area contributed by atoms with Crippen LogP contribution in [0.25, 0.3) is 0 Å². The molecule has 0 aliphatic carbocycles. The van der Waals surface area contributed by atoms with E-state index in [0.717, 1.165) is 38.0 Å². The molecule has 0 saturated carbocycles. The second-order valence-electron chi connectivity index (χ2n) is 6.38. The Morgan fingerprint density at radius 2 is 2.17 bits per heavy atom. The summed E-state index contributed by atoms with van der Waals surface area (Å²) in [7, 11) is 0. The Bertz CT molecular complexity index is 318. The lowest BCUT2D eigenvalue weighted by atomic mass is 9.81. The zero-order chi connectivity index (χ0) is 13.2. The van der Waals surface area contributed by atoms with Crippen LogP contribution in [0.3, 0.4) is 0 Å². The minimum atomic E-state index is -0.388. The molecule has 0 aromatic rings. The van der Waals surface area contributed by atoms with Gasteiger partial charge in [-0.05, 0) is 18.3 Å². The van der Waals surface area contributed by atoms with Crippen molar-refractivity contribution in [3.63, 3.8) is 0 Å². The van der Waals surface area contributed by atoms with Gasteiger partial charge in [-0.2, -0.15) is 0 Å². The second kappa shape index (κ2) is 5.45. The number of terminal acetylenes is 1. The third-order valence-electron chi connectivity index (χ3n) is 3.68. The lowest BCUT2D eigenvalue weighted by Crippen LogP contribution is -2.57. The van der Waals surface area contributed by atoms with E-state index in [9.17, 15) is 0 Å². The van der Waals surface area contributed by atoms with Gasteiger partial charge in [-0.3, -0.25) is 0 Å². The van der Waals surface area contributed by atoms with E-state index in [0.29, 0.717) is 12.0 Å². The Balaban J connectivity index is 1.94. The fourth-order valence-electron chi connectivity index (χ4n) is 2.75. The minimum absolute atomic E-state index is 0.194. The van der Waals surface area contributed by atoms with Crippen LogP contribution in [0.2, 0.25) is 0 Å². The van der Waals surface area contributed by atoms with E-state index in [1.54, 1.807) is 0 Å². The Morgan fingerprint density at radius 1 is 1.39 bits per heavy atom. The van der Waals surface area contributed by atoms with Crippen molar-refractivity contribution < 1.29 is 9.47 Å². The van der Waals surface area contributed by atoms with Gasteiger partial charge in [0.15, 0.2) is 0 Å². The molecule has 2 bridgehead atoms. The van der Waals surface area contributed by atoms with Crippen molar-refractivity contribution in [2.24, 2.45) is 11.3 Å². The summed E-state index contributed by atoms with van der Waals surface area (Å²) >= 11 is 1.84. The molecule has 3 aliphatic heterocycles. The molecule has 3 rings (SSSR count). The summed E-state index contributed by atoms with van der Waals surface area (Å²) in [6.07, 6.45) is 9.56. The molecule has 3 saturated heterocycles. The molecule has 0 amide bonds. The maximum atomic E-state index is 6.31. The molecule has 0 aromatic carbocycles. The minimum Gasteiger partial charge on any atom is -0.341 e. The van der Waals surface area contributed by atoms with E-state index in [4.69, 9.17) is 15.9 Å². The Hall–Kier alpha value is -0.170. The summed E-state index contributed by atoms with van der Waals surface area (Å²) in [6.45, 7) is 7.63. The van der Waals surface area contributed by atoms with Gasteiger partial charge >= 0.3 is 0 Å². The van der Waals surface area contributed by atoms with Crippen LogP contribution in [0, 0.1) is 23.7 Å². The van der Waals surface area contributed by atoms with Gasteiger partial charge in [-0.15, -0.1) is 12.3 Å². The number of rotatable bonds is 4. The average molecular weight is 268 g/mol. The lowest BCUT2D eigenvalue weighted by molar-refractivity contribution is -0.287. The molecule has 0 spiro atoms. The van der Waals surface area contributed by atoms with E-state index in [1.165, 1.54) is 0 Å². The van der Waals surface area contributed by atoms with Crippen LogP contribution in [-0.4, -0.2) is 23.6 Å². The number of hydrogen-bond donors (Lipinski definition) is 0. The molecular weight excluding hydrogens is 244 g/mol. The molecule has 18 heavy (non-hydrogen) atoms. The molecule has 0 radical (unpaired) electrons. The summed E-state index contributed by atoms with van der Waals surface area (Å²) in [6, 6.07) is 0. The van der Waals surface area contributed by atoms with Crippen molar-refractivity contribution in [1.29, 1.82) is 0 Å². The first-order valence-corrected chi connectivity index (χ1v) is 7.85. The third-order valence-corrected chi connectivity index (χ3v) is 5.13. The number of fused-ring (bicyclic) bond motifs is 3. The monoisotopic (exact) mass is 268 g/mol. The molecule has 0 aromatic heterocycles. The maximum absolute atomic E-state index is 6.31. The smallest absolute Gasteiger partial charge is 0.218 e. The van der Waals surface area contributed by atoms with Gasteiger partial charge in [0, 0.05) is 24.5 Å². The summed E-state index contributed by atoms with van der Waals surface area (Å²) in [5.41, 5.74) is 0.194. The van der Waals surface area contributed by atoms with Gasteiger partial charge in [-0.1, -0.05) is 32.5 Å². The van der Waals surface area contributed by atoms with E-state index in [2.05, 4.69) is 26.7 Å². The van der Waals surface area contributed by atoms with Crippen LogP contribution in [0.4, 0.5) is 0 Å². The molecule has 3 heteroatoms. The standard InChI is InChI=1S/C15H24O2S/c1-5-6-7-8-9-15-16-10-12(11-18-15)13(17-15)14(2,3)4/h1,12-13H,6-11H2,2-4H3. The van der Waals surface area contributed by atoms with Crippen LogP contribution in [0.1, 0.15) is 46.5 Å². The zero-order valence-corrected chi connectivity index (χ0v) is 12.5. The van der Waals surface area contributed by atoms with Crippen molar-refractivity contribution >= 4 is 11.8 Å². The average Bonchev–Trinajstić information content (AvgIpc) is 2.35. The summed E-state index contributed by atoms with van der Waals surface area (Å²) in [4.78, 5) is 0. The molecule has 3 unspecified atom stereocenters. The highest BCUT2D eigenvalue weighted by Gasteiger charge is 2.51. The van der Waals surface area contributed by atoms with Gasteiger partial charge in [0.25, 0.3) is 0 Å². The Kier molecular flexibility index (Phi) is 4.31. The van der Waals surface area contributed by atoms with Crippen molar-refractivity contribution in [2.75, 3.05) is 12.4 Å². The molecule has 3 heterocycles. The molecule has 3 fully saturated rings. The summed E-state index contributed by atoms with van der Waals surface area (Å²) in [5.74, 6) is 4.40. The van der Waals surface area contributed by atoms with Crippen LogP contribution >= 0.6 is 11.8 Å². The number of unbranched alkanes of at least 4 members (excludes halogenated alkanes) is 2. The normalized spacial score (nSPS) is 35.4. The van der Waals surface area contributed by atoms with Gasteiger partial charge in [0.1, 0.15) is 0 Å². The van der Waals surface area contributed by atoms with E-state index in [1.807, 2.05) is 11.8 Å². The Morgan fingerprint density at radius 3 is 2.72 bits per heavy atom. The largest absolute Gasteiger partial charge is 0.341 e. The van der Waals surface area contributed by atoms with Crippen LogP contribution in [0.5, 0.6) is 0 Å². The molecule has 102 valence electrons. The van der Waals surface area contributed by atoms with Crippen molar-refractivity contribution in [3.05, 3.63) is 0 Å². The van der Waals surface area contributed by atoms with Gasteiger partial charge in [0.05, 0.1) is 12.7 Å². The maximum Gasteiger partial charge on any atom is 0.218 e. The highest BCUT2D eigenvalue weighted by atomic mass is 32.2. The van der Waals surface area contributed by atoms with E-state index >= 15 is 0 Å². The third kappa shape index (κ3) is 3.04. The van der Waals surface area contributed by atoms with Gasteiger partial charge in [-0.25, -0.2) is 0 Å². The first-order chi connectivity index (χ1) is 8.47. The van der Waals surface area contributed by atoms with Gasteiger partial charge < -0.3 is 9.47 Å². The predicted octanol–water partition coefficient (Wildman–Crippen LogP) is 3.66. The highest BCUT2D eigenvalue weighted by Crippen LogP contribution is 2.50. The molecule has 2 nitrogen and oxygen atoms in total. The number of hydrogen-bond acceptors (Lipinski definition) is 3. The first-order valence-electron chi connectivity index (χ1n) is 6.86. The Labute approximate surface area is 115 Å². The zero-order valence-electron chi connectivity index (χ0n) is 11.7.